The van der Waals surface area contributed by atoms with E-state index < -0.39 is 0 Å². The average Bonchev–Trinajstić information content (AvgIpc) is 2.77. The fourth-order valence-corrected chi connectivity index (χ4v) is 2.93. The van der Waals surface area contributed by atoms with Crippen LogP contribution < -0.4 is 5.73 Å². The first-order valence-corrected chi connectivity index (χ1v) is 8.43. The molecule has 1 fully saturated rings. The van der Waals surface area contributed by atoms with Gasteiger partial charge in [0.2, 0.25) is 5.91 Å². The summed E-state index contributed by atoms with van der Waals surface area (Å²) in [7, 11) is 0. The second-order valence-corrected chi connectivity index (χ2v) is 6.00. The van der Waals surface area contributed by atoms with Gasteiger partial charge in [-0.15, -0.1) is 0 Å². The molecular formula is C18H28N2O2. The molecule has 0 aliphatic carbocycles. The molecule has 1 atom stereocenters. The number of ether oxygens (including phenoxy) is 1. The molecule has 1 unspecified atom stereocenters. The number of carbonyl (C=O) groups is 1. The highest BCUT2D eigenvalue weighted by Crippen LogP contribution is 2.17. The molecule has 0 saturated carbocycles. The Bertz CT molecular complexity index is 476. The van der Waals surface area contributed by atoms with Gasteiger partial charge < -0.3 is 15.4 Å². The van der Waals surface area contributed by atoms with E-state index in [2.05, 4.69) is 6.92 Å². The van der Waals surface area contributed by atoms with Crippen LogP contribution in [0.2, 0.25) is 0 Å². The zero-order chi connectivity index (χ0) is 15.8. The summed E-state index contributed by atoms with van der Waals surface area (Å²) in [5, 5.41) is 0. The Labute approximate surface area is 133 Å². The van der Waals surface area contributed by atoms with Gasteiger partial charge in [0.15, 0.2) is 0 Å². The van der Waals surface area contributed by atoms with Crippen molar-refractivity contribution in [2.24, 2.45) is 0 Å². The molecule has 0 aromatic heterocycles. The molecular weight excluding hydrogens is 276 g/mol. The fourth-order valence-electron chi connectivity index (χ4n) is 2.93. The van der Waals surface area contributed by atoms with Crippen molar-refractivity contribution in [2.75, 3.05) is 25.4 Å². The van der Waals surface area contributed by atoms with Crippen molar-refractivity contribution in [3.63, 3.8) is 0 Å². The predicted molar refractivity (Wildman–Crippen MR) is 89.6 cm³/mol. The number of hydrogen-bond acceptors (Lipinski definition) is 3. The van der Waals surface area contributed by atoms with Gasteiger partial charge in [-0.1, -0.05) is 25.1 Å². The molecule has 0 spiro atoms. The van der Waals surface area contributed by atoms with E-state index in [-0.39, 0.29) is 5.91 Å². The minimum absolute atomic E-state index is 0.236. The summed E-state index contributed by atoms with van der Waals surface area (Å²) in [6.07, 6.45) is 5.69. The normalized spacial score (nSPS) is 19.0. The van der Waals surface area contributed by atoms with E-state index in [1.165, 1.54) is 0 Å². The summed E-state index contributed by atoms with van der Waals surface area (Å²) >= 11 is 0. The first-order valence-electron chi connectivity index (χ1n) is 8.43. The van der Waals surface area contributed by atoms with Crippen LogP contribution in [0.4, 0.5) is 5.69 Å². The number of anilines is 1. The molecule has 1 aromatic rings. The molecule has 122 valence electrons. The number of carbonyl (C=O) groups excluding carboxylic acids is 1. The number of nitrogens with two attached hydrogens (primary N) is 1. The van der Waals surface area contributed by atoms with Gasteiger partial charge in [-0.3, -0.25) is 4.79 Å². The second kappa shape index (κ2) is 8.79. The van der Waals surface area contributed by atoms with Crippen LogP contribution in [0.15, 0.2) is 24.3 Å². The van der Waals surface area contributed by atoms with Crippen LogP contribution in [0.1, 0.15) is 44.6 Å². The van der Waals surface area contributed by atoms with Crippen molar-refractivity contribution in [1.29, 1.82) is 0 Å². The van der Waals surface area contributed by atoms with Gasteiger partial charge in [0.25, 0.3) is 0 Å². The van der Waals surface area contributed by atoms with Crippen LogP contribution >= 0.6 is 0 Å². The molecule has 1 aliphatic heterocycles. The molecule has 22 heavy (non-hydrogen) atoms. The molecule has 2 rings (SSSR count). The van der Waals surface area contributed by atoms with Gasteiger partial charge in [0.05, 0.1) is 6.10 Å². The quantitative estimate of drug-likeness (QED) is 0.822. The van der Waals surface area contributed by atoms with Crippen molar-refractivity contribution in [3.8, 4) is 0 Å². The first kappa shape index (κ1) is 16.8. The van der Waals surface area contributed by atoms with Gasteiger partial charge in [-0.05, 0) is 43.7 Å². The van der Waals surface area contributed by atoms with Crippen LogP contribution in [0.3, 0.4) is 0 Å². The van der Waals surface area contributed by atoms with Crippen molar-refractivity contribution >= 4 is 11.6 Å². The Morgan fingerprint density at radius 3 is 2.91 bits per heavy atom. The van der Waals surface area contributed by atoms with Gasteiger partial charge in [0.1, 0.15) is 0 Å². The van der Waals surface area contributed by atoms with E-state index in [0.717, 1.165) is 63.1 Å². The summed E-state index contributed by atoms with van der Waals surface area (Å²) < 4.78 is 5.83. The molecule has 1 heterocycles. The highest BCUT2D eigenvalue weighted by molar-refractivity contribution is 5.76. The molecule has 2 N–H and O–H groups in total. The van der Waals surface area contributed by atoms with Gasteiger partial charge >= 0.3 is 0 Å². The van der Waals surface area contributed by atoms with E-state index in [1.807, 2.05) is 29.2 Å². The molecule has 4 nitrogen and oxygen atoms in total. The third-order valence-electron chi connectivity index (χ3n) is 4.25. The van der Waals surface area contributed by atoms with E-state index >= 15 is 0 Å². The Morgan fingerprint density at radius 2 is 2.14 bits per heavy atom. The molecule has 0 radical (unpaired) electrons. The van der Waals surface area contributed by atoms with Gasteiger partial charge in [-0.25, -0.2) is 0 Å². The zero-order valence-electron chi connectivity index (χ0n) is 13.6. The van der Waals surface area contributed by atoms with Crippen LogP contribution in [-0.4, -0.2) is 36.6 Å². The van der Waals surface area contributed by atoms with Gasteiger partial charge in [-0.2, -0.15) is 0 Å². The van der Waals surface area contributed by atoms with E-state index in [9.17, 15) is 4.79 Å². The lowest BCUT2D eigenvalue weighted by Crippen LogP contribution is -2.32. The van der Waals surface area contributed by atoms with Crippen LogP contribution in [0, 0.1) is 0 Å². The number of nitrogen functional groups attached to an aromatic ring is 1. The number of para-hydroxylation sites is 1. The second-order valence-electron chi connectivity index (χ2n) is 6.00. The van der Waals surface area contributed by atoms with Crippen LogP contribution in [0.25, 0.3) is 0 Å². The largest absolute Gasteiger partial charge is 0.399 e. The van der Waals surface area contributed by atoms with Crippen molar-refractivity contribution in [3.05, 3.63) is 29.8 Å². The Morgan fingerprint density at radius 1 is 1.32 bits per heavy atom. The Kier molecular flexibility index (Phi) is 6.72. The standard InChI is InChI=1S/C18H28N2O2/c1-2-14-22-16-7-5-12-20(13-11-16)18(21)10-9-15-6-3-4-8-17(15)19/h3-4,6,8,16H,2,5,7,9-14,19H2,1H3. The van der Waals surface area contributed by atoms with E-state index in [4.69, 9.17) is 10.5 Å². The maximum atomic E-state index is 12.4. The number of hydrogen-bond donors (Lipinski definition) is 1. The SMILES string of the molecule is CCCOC1CCCN(C(=O)CCc2ccccc2N)CC1. The number of amides is 1. The number of nitrogens with zero attached hydrogens (tertiary/aromatic N) is 1. The topological polar surface area (TPSA) is 55.6 Å². The summed E-state index contributed by atoms with van der Waals surface area (Å²) in [6.45, 7) is 4.63. The third-order valence-corrected chi connectivity index (χ3v) is 4.25. The lowest BCUT2D eigenvalue weighted by Gasteiger charge is -2.21. The minimum Gasteiger partial charge on any atom is -0.399 e. The highest BCUT2D eigenvalue weighted by atomic mass is 16.5. The van der Waals surface area contributed by atoms with Crippen molar-refractivity contribution < 1.29 is 9.53 Å². The zero-order valence-corrected chi connectivity index (χ0v) is 13.6. The number of aryl methyl sites for hydroxylation is 1. The first-order chi connectivity index (χ1) is 10.7. The molecule has 1 saturated heterocycles. The summed E-state index contributed by atoms with van der Waals surface area (Å²) in [4.78, 5) is 14.4. The van der Waals surface area contributed by atoms with Crippen molar-refractivity contribution in [2.45, 2.75) is 51.6 Å². The Balaban J connectivity index is 1.79. The maximum absolute atomic E-state index is 12.4. The van der Waals surface area contributed by atoms with E-state index in [0.29, 0.717) is 12.5 Å². The molecule has 4 heteroatoms. The molecule has 1 amide bonds. The predicted octanol–water partition coefficient (Wildman–Crippen LogP) is 3.01. The number of benzene rings is 1. The number of rotatable bonds is 6. The van der Waals surface area contributed by atoms with Crippen molar-refractivity contribution in [1.82, 2.24) is 4.90 Å². The van der Waals surface area contributed by atoms with E-state index in [1.54, 1.807) is 0 Å². The summed E-state index contributed by atoms with van der Waals surface area (Å²) in [5.41, 5.74) is 7.78. The fraction of sp³-hybridized carbons (Fsp3) is 0.611. The Hall–Kier alpha value is -1.55. The molecule has 1 aliphatic rings. The summed E-state index contributed by atoms with van der Waals surface area (Å²) in [5.74, 6) is 0.236. The van der Waals surface area contributed by atoms with Gasteiger partial charge in [0, 0.05) is 31.8 Å². The van der Waals surface area contributed by atoms with Crippen LogP contribution in [0.5, 0.6) is 0 Å². The average molecular weight is 304 g/mol. The maximum Gasteiger partial charge on any atom is 0.222 e. The minimum atomic E-state index is 0.236. The lowest BCUT2D eigenvalue weighted by atomic mass is 10.1. The van der Waals surface area contributed by atoms with Crippen LogP contribution in [-0.2, 0) is 16.0 Å². The highest BCUT2D eigenvalue weighted by Gasteiger charge is 2.20. The smallest absolute Gasteiger partial charge is 0.222 e. The lowest BCUT2D eigenvalue weighted by molar-refractivity contribution is -0.131. The molecule has 0 bridgehead atoms. The number of likely N-dealkylation sites (tertiary alicyclic amines) is 1. The summed E-state index contributed by atoms with van der Waals surface area (Å²) in [6, 6.07) is 7.78. The monoisotopic (exact) mass is 304 g/mol. The molecule has 1 aromatic carbocycles. The third kappa shape index (κ3) is 5.02.